The second kappa shape index (κ2) is 374. The third-order valence-corrected chi connectivity index (χ3v) is 0. The van der Waals surface area contributed by atoms with E-state index in [9.17, 15) is 0 Å². The molecule has 0 saturated heterocycles. The van der Waals surface area contributed by atoms with Gasteiger partial charge in [-0.25, -0.2) is 0 Å². The van der Waals surface area contributed by atoms with Crippen molar-refractivity contribution in [2.45, 2.75) is 0 Å². The summed E-state index contributed by atoms with van der Waals surface area (Å²) in [5.74, 6) is 0. The molecule has 7 heavy (non-hydrogen) atoms. The van der Waals surface area contributed by atoms with Crippen LogP contribution in [0.25, 0.3) is 0 Å². The maximum absolute atomic E-state index is 0. The van der Waals surface area contributed by atoms with Crippen LogP contribution in [0.5, 0.6) is 0 Å². The summed E-state index contributed by atoms with van der Waals surface area (Å²) in [5, 5.41) is 0. The van der Waals surface area contributed by atoms with Crippen LogP contribution >= 0.6 is 12.4 Å². The summed E-state index contributed by atoms with van der Waals surface area (Å²) in [6.07, 6.45) is 0. The van der Waals surface area contributed by atoms with Gasteiger partial charge in [0, 0.05) is 21.1 Å². The van der Waals surface area contributed by atoms with Gasteiger partial charge in [0.05, 0.1) is 0 Å². The zero-order valence-corrected chi connectivity index (χ0v) is 7.14. The van der Waals surface area contributed by atoms with E-state index in [0.29, 0.717) is 0 Å². The summed E-state index contributed by atoms with van der Waals surface area (Å²) in [5.41, 5.74) is 0. The van der Waals surface area contributed by atoms with Crippen LogP contribution in [-0.2, 0) is 21.1 Å². The number of hydrogen-bond acceptors (Lipinski definition) is 4. The topological polar surface area (TPSA) is 172 Å². The minimum atomic E-state index is 0. The predicted octanol–water partition coefficient (Wildman–Crippen LogP) is 0.243. The van der Waals surface area contributed by atoms with Gasteiger partial charge in [0.2, 0.25) is 0 Å². The average Bonchev–Trinajstić information content (AvgIpc) is 0. The fourth-order valence-corrected chi connectivity index (χ4v) is 0. The van der Waals surface area contributed by atoms with Gasteiger partial charge in [-0.3, -0.25) is 0 Å². The molecule has 0 atom stereocenters. The molecular formula is H15ClN4OPt. The molecule has 0 aromatic rings. The number of halogens is 1. The van der Waals surface area contributed by atoms with Crippen LogP contribution in [0.3, 0.4) is 0 Å². The van der Waals surface area contributed by atoms with Gasteiger partial charge < -0.3 is 30.1 Å². The van der Waals surface area contributed by atoms with Gasteiger partial charge in [-0.15, -0.1) is 12.4 Å². The Morgan fingerprint density at radius 2 is 0.571 bits per heavy atom. The van der Waals surface area contributed by atoms with Crippen LogP contribution in [0.2, 0.25) is 0 Å². The normalized spacial score (nSPS) is 0. The Balaban J connectivity index is 0. The quantitative estimate of drug-likeness (QED) is 0.501. The maximum Gasteiger partial charge on any atom is 0 e. The first kappa shape index (κ1) is 590. The fourth-order valence-electron chi connectivity index (χ4n) is 0. The van der Waals surface area contributed by atoms with Crippen LogP contribution in [0.1, 0.15) is 0 Å². The Morgan fingerprint density at radius 1 is 0.571 bits per heavy atom. The van der Waals surface area contributed by atoms with E-state index in [-0.39, 0.29) is 63.6 Å². The zero-order valence-electron chi connectivity index (χ0n) is 4.05. The van der Waals surface area contributed by atoms with Crippen LogP contribution < -0.4 is 24.6 Å². The van der Waals surface area contributed by atoms with Gasteiger partial charge >= 0.3 is 0 Å². The van der Waals surface area contributed by atoms with E-state index in [4.69, 9.17) is 0 Å². The molecule has 0 rings (SSSR count). The van der Waals surface area contributed by atoms with Gasteiger partial charge in [-0.2, -0.15) is 0 Å². The molecule has 14 N–H and O–H groups in total. The van der Waals surface area contributed by atoms with Gasteiger partial charge in [0.1, 0.15) is 0 Å². The van der Waals surface area contributed by atoms with E-state index in [1.807, 2.05) is 0 Å². The summed E-state index contributed by atoms with van der Waals surface area (Å²) in [4.78, 5) is 0. The van der Waals surface area contributed by atoms with E-state index in [1.54, 1.807) is 0 Å². The smallest absolute Gasteiger partial charge is 0 e. The summed E-state index contributed by atoms with van der Waals surface area (Å²) in [6.45, 7) is 0. The molecule has 7 heteroatoms. The van der Waals surface area contributed by atoms with Crippen molar-refractivity contribution < 1.29 is 26.5 Å². The molecule has 0 aliphatic rings. The standard InChI is InChI=1S/ClH.4H3N.H2O.Pt/h1H;4*1H3;1H2;. The second-order valence-corrected chi connectivity index (χ2v) is 0. The SMILES string of the molecule is Cl.N.N.N.N.O.[Pt]. The van der Waals surface area contributed by atoms with E-state index in [1.165, 1.54) is 0 Å². The van der Waals surface area contributed by atoms with Crippen LogP contribution in [0, 0.1) is 0 Å². The minimum Gasteiger partial charge on any atom is -0.412 e. The van der Waals surface area contributed by atoms with Crippen molar-refractivity contribution in [1.29, 1.82) is 0 Å². The molecule has 0 aliphatic carbocycles. The molecule has 0 spiro atoms. The molecule has 0 aliphatic heterocycles. The molecule has 5 nitrogen and oxygen atoms in total. The first-order chi connectivity index (χ1) is 0. The molecule has 0 aromatic carbocycles. The molecule has 0 radical (unpaired) electrons. The number of hydrogen-bond donors (Lipinski definition) is 4. The average molecular weight is 318 g/mol. The zero-order chi connectivity index (χ0) is 0. The molecule has 0 aromatic heterocycles. The Labute approximate surface area is 63.9 Å². The third kappa shape index (κ3) is 255. The van der Waals surface area contributed by atoms with Gasteiger partial charge in [-0.05, 0) is 0 Å². The van der Waals surface area contributed by atoms with Crippen LogP contribution in [0.4, 0.5) is 0 Å². The van der Waals surface area contributed by atoms with E-state index in [0.717, 1.165) is 0 Å². The molecule has 0 saturated carbocycles. The van der Waals surface area contributed by atoms with Gasteiger partial charge in [0.15, 0.2) is 0 Å². The van der Waals surface area contributed by atoms with Crippen LogP contribution in [-0.4, -0.2) is 5.48 Å². The van der Waals surface area contributed by atoms with Crippen molar-refractivity contribution in [1.82, 2.24) is 24.6 Å². The summed E-state index contributed by atoms with van der Waals surface area (Å²) in [6, 6.07) is 0. The molecular weight excluding hydrogens is 303 g/mol. The Morgan fingerprint density at radius 3 is 0.571 bits per heavy atom. The maximum atomic E-state index is 0. The molecule has 0 amide bonds. The van der Waals surface area contributed by atoms with Crippen molar-refractivity contribution >= 4 is 12.4 Å². The van der Waals surface area contributed by atoms with E-state index in [2.05, 4.69) is 0 Å². The van der Waals surface area contributed by atoms with Crippen molar-refractivity contribution in [2.75, 3.05) is 0 Å². The molecule has 0 unspecified atom stereocenters. The Bertz CT molecular complexity index is 11.7. The van der Waals surface area contributed by atoms with Gasteiger partial charge in [-0.1, -0.05) is 0 Å². The first-order valence-electron chi connectivity index (χ1n) is 0. The fraction of sp³-hybridized carbons (Fsp3) is 0. The molecule has 58 valence electrons. The first-order valence-corrected chi connectivity index (χ1v) is 0. The molecule has 0 fully saturated rings. The van der Waals surface area contributed by atoms with Crippen molar-refractivity contribution in [3.63, 3.8) is 0 Å². The van der Waals surface area contributed by atoms with E-state index >= 15 is 0 Å². The Hall–Kier alpha value is 0.778. The van der Waals surface area contributed by atoms with E-state index < -0.39 is 0 Å². The minimum absolute atomic E-state index is 0. The third-order valence-electron chi connectivity index (χ3n) is 0. The predicted molar refractivity (Wildman–Crippen MR) is 31.0 cm³/mol. The number of rotatable bonds is 0. The second-order valence-electron chi connectivity index (χ2n) is 0. The Kier molecular flexibility index (Phi) is 31500. The van der Waals surface area contributed by atoms with Gasteiger partial charge in [0.25, 0.3) is 0 Å². The molecule has 0 bridgehead atoms. The van der Waals surface area contributed by atoms with Crippen LogP contribution in [0.15, 0.2) is 0 Å². The molecule has 0 heterocycles. The summed E-state index contributed by atoms with van der Waals surface area (Å²) >= 11 is 0. The van der Waals surface area contributed by atoms with Crippen molar-refractivity contribution in [3.05, 3.63) is 0 Å². The monoisotopic (exact) mass is 317 g/mol. The van der Waals surface area contributed by atoms with Crippen molar-refractivity contribution in [3.8, 4) is 0 Å². The largest absolute Gasteiger partial charge is 0.412 e. The summed E-state index contributed by atoms with van der Waals surface area (Å²) in [7, 11) is 0. The van der Waals surface area contributed by atoms with Crippen molar-refractivity contribution in [2.24, 2.45) is 0 Å². The summed E-state index contributed by atoms with van der Waals surface area (Å²) < 4.78 is 0.